The molecule has 9 heteroatoms. The van der Waals surface area contributed by atoms with E-state index in [-0.39, 0.29) is 44.4 Å². The number of hydrogen-bond donors (Lipinski definition) is 0. The van der Waals surface area contributed by atoms with Crippen LogP contribution in [0.1, 0.15) is 26.5 Å². The molecule has 0 atom stereocenters. The highest BCUT2D eigenvalue weighted by atomic mass is 35.5. The summed E-state index contributed by atoms with van der Waals surface area (Å²) in [5.41, 5.74) is 0.970. The highest BCUT2D eigenvalue weighted by Gasteiger charge is 2.21. The third kappa shape index (κ3) is 3.08. The molecule has 25 heavy (non-hydrogen) atoms. The van der Waals surface area contributed by atoms with Crippen molar-refractivity contribution in [3.63, 3.8) is 0 Å². The van der Waals surface area contributed by atoms with Gasteiger partial charge in [-0.15, -0.1) is 0 Å². The van der Waals surface area contributed by atoms with Gasteiger partial charge in [-0.05, 0) is 12.1 Å². The Labute approximate surface area is 157 Å². The molecule has 128 valence electrons. The number of imidazole rings is 1. The Morgan fingerprint density at radius 3 is 2.52 bits per heavy atom. The first kappa shape index (κ1) is 17.7. The summed E-state index contributed by atoms with van der Waals surface area (Å²) in [5, 5.41) is 0.603. The lowest BCUT2D eigenvalue weighted by molar-refractivity contribution is 0.0986. The molecular formula is C16H10Cl3N3O3. The van der Waals surface area contributed by atoms with Crippen LogP contribution in [0.4, 0.5) is 0 Å². The molecule has 6 nitrogen and oxygen atoms in total. The van der Waals surface area contributed by atoms with Gasteiger partial charge in [0.1, 0.15) is 10.8 Å². The van der Waals surface area contributed by atoms with Crippen molar-refractivity contribution in [3.05, 3.63) is 56.7 Å². The number of ether oxygens (including phenoxy) is 1. The fraction of sp³-hybridized carbons (Fsp3) is 0.125. The van der Waals surface area contributed by atoms with E-state index in [1.54, 1.807) is 12.1 Å². The fourth-order valence-corrected chi connectivity index (χ4v) is 3.17. The van der Waals surface area contributed by atoms with Gasteiger partial charge in [-0.3, -0.25) is 19.0 Å². The van der Waals surface area contributed by atoms with Gasteiger partial charge in [0, 0.05) is 24.4 Å². The van der Waals surface area contributed by atoms with Crippen molar-refractivity contribution in [3.8, 4) is 5.75 Å². The van der Waals surface area contributed by atoms with Crippen LogP contribution in [0.3, 0.4) is 0 Å². The molecule has 0 saturated carbocycles. The number of Topliss-reactive ketones (excluding diaryl/α,β-unsaturated/α-hetero) is 1. The van der Waals surface area contributed by atoms with E-state index in [0.29, 0.717) is 17.6 Å². The molecule has 0 aliphatic heterocycles. The topological polar surface area (TPSA) is 73.6 Å². The van der Waals surface area contributed by atoms with Gasteiger partial charge < -0.3 is 4.74 Å². The Morgan fingerprint density at radius 2 is 1.92 bits per heavy atom. The lowest BCUT2D eigenvalue weighted by atomic mass is 10.1. The van der Waals surface area contributed by atoms with Gasteiger partial charge >= 0.3 is 0 Å². The fourth-order valence-electron chi connectivity index (χ4n) is 2.42. The third-order valence-corrected chi connectivity index (χ3v) is 4.62. The maximum Gasteiger partial charge on any atom is 0.184 e. The maximum absolute atomic E-state index is 12.8. The molecule has 0 aromatic carbocycles. The molecule has 0 bridgehead atoms. The molecule has 0 saturated heterocycles. The number of ketones is 1. The molecule has 3 aromatic heterocycles. The second-order valence-corrected chi connectivity index (χ2v) is 6.21. The number of carbonyl (C=O) groups is 2. The number of methoxy groups -OCH3 is 1. The quantitative estimate of drug-likeness (QED) is 0.481. The molecular weight excluding hydrogens is 389 g/mol. The van der Waals surface area contributed by atoms with Crippen LogP contribution in [0.25, 0.3) is 5.65 Å². The average Bonchev–Trinajstić information content (AvgIpc) is 2.94. The molecule has 0 radical (unpaired) electrons. The minimum Gasteiger partial charge on any atom is -0.493 e. The first-order chi connectivity index (χ1) is 12.0. The molecule has 0 aliphatic rings. The molecule has 3 aromatic rings. The number of rotatable bonds is 5. The number of hydrogen-bond acceptors (Lipinski definition) is 5. The minimum atomic E-state index is -0.306. The number of fused-ring (bicyclic) bond motifs is 1. The molecule has 0 fully saturated rings. The Balaban J connectivity index is 2.14. The van der Waals surface area contributed by atoms with Gasteiger partial charge in [-0.1, -0.05) is 34.8 Å². The second-order valence-electron chi connectivity index (χ2n) is 5.03. The molecule has 0 amide bonds. The summed E-state index contributed by atoms with van der Waals surface area (Å²) in [4.78, 5) is 31.9. The van der Waals surface area contributed by atoms with Crippen molar-refractivity contribution >= 4 is 52.5 Å². The van der Waals surface area contributed by atoms with E-state index in [4.69, 9.17) is 39.5 Å². The van der Waals surface area contributed by atoms with E-state index >= 15 is 0 Å². The van der Waals surface area contributed by atoms with Gasteiger partial charge in [0.25, 0.3) is 0 Å². The largest absolute Gasteiger partial charge is 0.493 e. The highest BCUT2D eigenvalue weighted by Crippen LogP contribution is 2.29. The Bertz CT molecular complexity index is 981. The first-order valence-electron chi connectivity index (χ1n) is 6.99. The van der Waals surface area contributed by atoms with Gasteiger partial charge in [-0.25, -0.2) is 4.98 Å². The van der Waals surface area contributed by atoms with Crippen molar-refractivity contribution in [2.24, 2.45) is 0 Å². The van der Waals surface area contributed by atoms with Crippen LogP contribution in [-0.2, 0) is 6.42 Å². The van der Waals surface area contributed by atoms with E-state index in [0.717, 1.165) is 0 Å². The molecule has 0 N–H and O–H groups in total. The number of aromatic nitrogens is 3. The van der Waals surface area contributed by atoms with Crippen LogP contribution in [-0.4, -0.2) is 33.5 Å². The highest BCUT2D eigenvalue weighted by molar-refractivity contribution is 6.36. The van der Waals surface area contributed by atoms with E-state index in [1.807, 2.05) is 0 Å². The van der Waals surface area contributed by atoms with Crippen LogP contribution in [0.15, 0.2) is 24.5 Å². The Hall–Kier alpha value is -2.15. The predicted molar refractivity (Wildman–Crippen MR) is 94.4 cm³/mol. The van der Waals surface area contributed by atoms with Gasteiger partial charge in [0.15, 0.2) is 23.5 Å². The summed E-state index contributed by atoms with van der Waals surface area (Å²) < 4.78 is 6.58. The molecule has 0 spiro atoms. The second kappa shape index (κ2) is 7.00. The SMILES string of the molecule is COc1ccc(C(=O)Cc2c(Cl)cncc2Cl)n2c(Cl)c(C=O)nc12. The third-order valence-electron chi connectivity index (χ3n) is 3.61. The van der Waals surface area contributed by atoms with Crippen molar-refractivity contribution in [2.75, 3.05) is 7.11 Å². The Kier molecular flexibility index (Phi) is 4.94. The standard InChI is InChI=1S/C16H10Cl3N3O3/c1-25-14-3-2-12(22-15(19)11(7-23)21-16(14)22)13(24)4-8-9(17)5-20-6-10(8)18/h2-3,5-7H,4H2,1H3. The van der Waals surface area contributed by atoms with E-state index in [2.05, 4.69) is 9.97 Å². The lowest BCUT2D eigenvalue weighted by Gasteiger charge is -2.10. The molecule has 3 rings (SSSR count). The van der Waals surface area contributed by atoms with Crippen molar-refractivity contribution in [2.45, 2.75) is 6.42 Å². The molecule has 0 aliphatic carbocycles. The summed E-state index contributed by atoms with van der Waals surface area (Å²) in [7, 11) is 1.45. The Morgan fingerprint density at radius 1 is 1.24 bits per heavy atom. The number of nitrogens with zero attached hydrogens (tertiary/aromatic N) is 3. The van der Waals surface area contributed by atoms with E-state index in [9.17, 15) is 9.59 Å². The summed E-state index contributed by atoms with van der Waals surface area (Å²) >= 11 is 18.3. The predicted octanol–water partition coefficient (Wildman–Crippen LogP) is 3.94. The zero-order valence-corrected chi connectivity index (χ0v) is 15.1. The normalized spacial score (nSPS) is 10.9. The van der Waals surface area contributed by atoms with E-state index < -0.39 is 0 Å². The van der Waals surface area contributed by atoms with Crippen LogP contribution < -0.4 is 4.74 Å². The molecule has 0 unspecified atom stereocenters. The zero-order valence-electron chi connectivity index (χ0n) is 12.8. The van der Waals surface area contributed by atoms with Crippen LogP contribution >= 0.6 is 34.8 Å². The minimum absolute atomic E-state index is 0.0141. The monoisotopic (exact) mass is 397 g/mol. The van der Waals surface area contributed by atoms with Crippen molar-refractivity contribution < 1.29 is 14.3 Å². The molecule has 3 heterocycles. The number of halogens is 3. The number of pyridine rings is 2. The van der Waals surface area contributed by atoms with Crippen molar-refractivity contribution in [1.82, 2.24) is 14.4 Å². The lowest BCUT2D eigenvalue weighted by Crippen LogP contribution is -2.11. The maximum atomic E-state index is 12.8. The first-order valence-corrected chi connectivity index (χ1v) is 8.12. The van der Waals surface area contributed by atoms with Gasteiger partial charge in [-0.2, -0.15) is 0 Å². The summed E-state index contributed by atoms with van der Waals surface area (Å²) in [6.45, 7) is 0. The van der Waals surface area contributed by atoms with Crippen LogP contribution in [0.2, 0.25) is 15.2 Å². The van der Waals surface area contributed by atoms with Crippen LogP contribution in [0.5, 0.6) is 5.75 Å². The van der Waals surface area contributed by atoms with E-state index in [1.165, 1.54) is 23.9 Å². The number of aldehydes is 1. The van der Waals surface area contributed by atoms with Crippen molar-refractivity contribution in [1.29, 1.82) is 0 Å². The summed E-state index contributed by atoms with van der Waals surface area (Å²) in [6, 6.07) is 3.12. The summed E-state index contributed by atoms with van der Waals surface area (Å²) in [5.74, 6) is 0.0749. The summed E-state index contributed by atoms with van der Waals surface area (Å²) in [6.07, 6.45) is 3.27. The number of carbonyl (C=O) groups excluding carboxylic acids is 2. The van der Waals surface area contributed by atoms with Crippen LogP contribution in [0, 0.1) is 0 Å². The van der Waals surface area contributed by atoms with Gasteiger partial charge in [0.2, 0.25) is 0 Å². The smallest absolute Gasteiger partial charge is 0.184 e. The average molecular weight is 399 g/mol. The van der Waals surface area contributed by atoms with Gasteiger partial charge in [0.05, 0.1) is 22.8 Å². The zero-order chi connectivity index (χ0) is 18.1.